The number of hydrogen-bond donors (Lipinski definition) is 1. The van der Waals surface area contributed by atoms with Gasteiger partial charge >= 0.3 is 0 Å². The van der Waals surface area contributed by atoms with E-state index in [0.29, 0.717) is 0 Å². The van der Waals surface area contributed by atoms with E-state index in [1.165, 1.54) is 25.9 Å². The molecular weight excluding hydrogens is 184 g/mol. The number of nitrogens with zero attached hydrogens (tertiary/aromatic N) is 1. The second-order valence-corrected chi connectivity index (χ2v) is 2.89. The molecule has 0 radical (unpaired) electrons. The van der Waals surface area contributed by atoms with Gasteiger partial charge in [0.25, 0.3) is 0 Å². The molecule has 1 heterocycles. The first-order chi connectivity index (χ1) is 7.33. The van der Waals surface area contributed by atoms with Crippen LogP contribution in [0, 0.1) is 0 Å². The molecule has 1 N–H and O–H groups in total. The maximum atomic E-state index is 3.29. The molecule has 1 saturated heterocycles. The van der Waals surface area contributed by atoms with Gasteiger partial charge in [0.2, 0.25) is 0 Å². The highest BCUT2D eigenvalue weighted by Crippen LogP contribution is 2.06. The first-order valence-electron chi connectivity index (χ1n) is 6.68. The first kappa shape index (κ1) is 20.3. The summed E-state index contributed by atoms with van der Waals surface area (Å²) in [6.07, 6.45) is 2.70. The zero-order valence-corrected chi connectivity index (χ0v) is 12.4. The van der Waals surface area contributed by atoms with Crippen molar-refractivity contribution in [1.29, 1.82) is 0 Å². The molecule has 2 heteroatoms. The molecule has 1 unspecified atom stereocenters. The van der Waals surface area contributed by atoms with Gasteiger partial charge in [-0.3, -0.25) is 0 Å². The van der Waals surface area contributed by atoms with Gasteiger partial charge in [0, 0.05) is 12.6 Å². The first-order valence-corrected chi connectivity index (χ1v) is 6.68. The van der Waals surface area contributed by atoms with Crippen LogP contribution < -0.4 is 5.32 Å². The van der Waals surface area contributed by atoms with E-state index in [0.717, 1.165) is 6.04 Å². The summed E-state index contributed by atoms with van der Waals surface area (Å²) in [4.78, 5) is 2.38. The maximum Gasteiger partial charge on any atom is 0.0192 e. The van der Waals surface area contributed by atoms with Crippen LogP contribution in [-0.2, 0) is 0 Å². The second-order valence-electron chi connectivity index (χ2n) is 2.89. The van der Waals surface area contributed by atoms with Crippen LogP contribution in [0.1, 0.15) is 54.4 Å². The van der Waals surface area contributed by atoms with E-state index in [1.54, 1.807) is 0 Å². The third-order valence-corrected chi connectivity index (χ3v) is 2.03. The van der Waals surface area contributed by atoms with E-state index >= 15 is 0 Å². The van der Waals surface area contributed by atoms with Crippen molar-refractivity contribution >= 4 is 0 Å². The Bertz CT molecular complexity index is 84.6. The molecule has 1 aliphatic heterocycles. The summed E-state index contributed by atoms with van der Waals surface area (Å²) < 4.78 is 0. The normalized spacial score (nSPS) is 19.6. The molecule has 0 aromatic rings. The molecule has 96 valence electrons. The number of rotatable bonds is 1. The summed E-state index contributed by atoms with van der Waals surface area (Å²) >= 11 is 0. The van der Waals surface area contributed by atoms with Crippen molar-refractivity contribution in [3.63, 3.8) is 0 Å². The topological polar surface area (TPSA) is 15.3 Å². The van der Waals surface area contributed by atoms with Gasteiger partial charge in [0.1, 0.15) is 0 Å². The summed E-state index contributed by atoms with van der Waals surface area (Å²) in [7, 11) is 4.23. The predicted molar refractivity (Wildman–Crippen MR) is 73.6 cm³/mol. The summed E-state index contributed by atoms with van der Waals surface area (Å²) in [5, 5.41) is 3.29. The van der Waals surface area contributed by atoms with E-state index in [1.807, 2.05) is 48.6 Å². The molecule has 0 saturated carbocycles. The molecule has 15 heavy (non-hydrogen) atoms. The van der Waals surface area contributed by atoms with Crippen molar-refractivity contribution in [2.45, 2.75) is 60.4 Å². The number of hydrogen-bond acceptors (Lipinski definition) is 2. The Morgan fingerprint density at radius 1 is 1.00 bits per heavy atom. The van der Waals surface area contributed by atoms with Gasteiger partial charge in [-0.25, -0.2) is 0 Å². The largest absolute Gasteiger partial charge is 0.316 e. The van der Waals surface area contributed by atoms with Gasteiger partial charge in [0.15, 0.2) is 0 Å². The van der Waals surface area contributed by atoms with Crippen molar-refractivity contribution in [3.8, 4) is 0 Å². The summed E-state index contributed by atoms with van der Waals surface area (Å²) in [6, 6.07) is 0.740. The molecule has 1 fully saturated rings. The van der Waals surface area contributed by atoms with Crippen molar-refractivity contribution in [2.75, 3.05) is 27.2 Å². The molecule has 0 aromatic carbocycles. The Hall–Kier alpha value is -0.0800. The SMILES string of the molecule is CC.CC.CC.CNC1CCCN(C)C1. The predicted octanol–water partition coefficient (Wildman–Crippen LogP) is 3.38. The van der Waals surface area contributed by atoms with Crippen LogP contribution in [0.15, 0.2) is 0 Å². The van der Waals surface area contributed by atoms with Crippen molar-refractivity contribution in [3.05, 3.63) is 0 Å². The van der Waals surface area contributed by atoms with Crippen molar-refractivity contribution in [2.24, 2.45) is 0 Å². The Morgan fingerprint density at radius 3 is 1.73 bits per heavy atom. The average molecular weight is 218 g/mol. The third kappa shape index (κ3) is 13.9. The second kappa shape index (κ2) is 19.5. The monoisotopic (exact) mass is 218 g/mol. The number of piperidine rings is 1. The van der Waals surface area contributed by atoms with Gasteiger partial charge in [-0.2, -0.15) is 0 Å². The average Bonchev–Trinajstić information content (AvgIpc) is 2.36. The quantitative estimate of drug-likeness (QED) is 0.726. The van der Waals surface area contributed by atoms with Gasteiger partial charge in [-0.05, 0) is 33.5 Å². The van der Waals surface area contributed by atoms with Crippen LogP contribution in [0.5, 0.6) is 0 Å². The van der Waals surface area contributed by atoms with Crippen LogP contribution >= 0.6 is 0 Å². The standard InChI is InChI=1S/C7H16N2.3C2H6/c1-8-7-4-3-5-9(2)6-7;3*1-2/h7-8H,3-6H2,1-2H3;3*1-2H3. The Labute approximate surface area is 98.4 Å². The molecule has 2 nitrogen and oxygen atoms in total. The molecule has 1 aliphatic rings. The maximum absolute atomic E-state index is 3.29. The zero-order valence-electron chi connectivity index (χ0n) is 12.4. The van der Waals surface area contributed by atoms with Crippen molar-refractivity contribution in [1.82, 2.24) is 10.2 Å². The van der Waals surface area contributed by atoms with E-state index in [4.69, 9.17) is 0 Å². The van der Waals surface area contributed by atoms with Gasteiger partial charge < -0.3 is 10.2 Å². The zero-order chi connectivity index (χ0) is 12.7. The number of likely N-dealkylation sites (tertiary alicyclic amines) is 1. The highest BCUT2D eigenvalue weighted by Gasteiger charge is 2.13. The minimum atomic E-state index is 0.740. The minimum Gasteiger partial charge on any atom is -0.316 e. The van der Waals surface area contributed by atoms with Crippen LogP contribution in [-0.4, -0.2) is 38.1 Å². The van der Waals surface area contributed by atoms with E-state index < -0.39 is 0 Å². The Kier molecular flexibility index (Phi) is 26.4. The van der Waals surface area contributed by atoms with E-state index in [2.05, 4.69) is 17.3 Å². The smallest absolute Gasteiger partial charge is 0.0192 e. The molecule has 0 spiro atoms. The minimum absolute atomic E-state index is 0.740. The molecule has 0 bridgehead atoms. The van der Waals surface area contributed by atoms with Crippen LogP contribution in [0.4, 0.5) is 0 Å². The number of likely N-dealkylation sites (N-methyl/N-ethyl adjacent to an activating group) is 2. The molecular formula is C13H34N2. The Balaban J connectivity index is -0.000000208. The summed E-state index contributed by atoms with van der Waals surface area (Å²) in [6.45, 7) is 14.5. The van der Waals surface area contributed by atoms with Crippen molar-refractivity contribution < 1.29 is 0 Å². The lowest BCUT2D eigenvalue weighted by molar-refractivity contribution is 0.234. The fourth-order valence-electron chi connectivity index (χ4n) is 1.40. The van der Waals surface area contributed by atoms with Gasteiger partial charge in [0.05, 0.1) is 0 Å². The van der Waals surface area contributed by atoms with Gasteiger partial charge in [-0.1, -0.05) is 41.5 Å². The lowest BCUT2D eigenvalue weighted by Crippen LogP contribution is -2.42. The fraction of sp³-hybridized carbons (Fsp3) is 1.00. The highest BCUT2D eigenvalue weighted by atomic mass is 15.1. The lowest BCUT2D eigenvalue weighted by Gasteiger charge is -2.29. The van der Waals surface area contributed by atoms with Crippen LogP contribution in [0.3, 0.4) is 0 Å². The third-order valence-electron chi connectivity index (χ3n) is 2.03. The lowest BCUT2D eigenvalue weighted by atomic mass is 10.1. The summed E-state index contributed by atoms with van der Waals surface area (Å²) in [5.41, 5.74) is 0. The van der Waals surface area contributed by atoms with Gasteiger partial charge in [-0.15, -0.1) is 0 Å². The van der Waals surface area contributed by atoms with Crippen LogP contribution in [0.25, 0.3) is 0 Å². The highest BCUT2D eigenvalue weighted by molar-refractivity contribution is 4.74. The van der Waals surface area contributed by atoms with E-state index in [-0.39, 0.29) is 0 Å². The molecule has 0 aromatic heterocycles. The molecule has 1 atom stereocenters. The van der Waals surface area contributed by atoms with Crippen LogP contribution in [0.2, 0.25) is 0 Å². The summed E-state index contributed by atoms with van der Waals surface area (Å²) in [5.74, 6) is 0. The fourth-order valence-corrected chi connectivity index (χ4v) is 1.40. The molecule has 1 rings (SSSR count). The number of nitrogens with one attached hydrogen (secondary N) is 1. The molecule has 0 amide bonds. The van der Waals surface area contributed by atoms with E-state index in [9.17, 15) is 0 Å². The molecule has 0 aliphatic carbocycles. The Morgan fingerprint density at radius 2 is 1.47 bits per heavy atom.